The van der Waals surface area contributed by atoms with Crippen LogP contribution in [0.4, 0.5) is 0 Å². The lowest BCUT2D eigenvalue weighted by molar-refractivity contribution is 0.0950. The Morgan fingerprint density at radius 3 is 2.94 bits per heavy atom. The maximum atomic E-state index is 11.8. The molecule has 96 valence electrons. The summed E-state index contributed by atoms with van der Waals surface area (Å²) in [4.78, 5) is 11.8. The van der Waals surface area contributed by atoms with E-state index in [0.717, 1.165) is 11.4 Å². The minimum Gasteiger partial charge on any atom is -0.481 e. The van der Waals surface area contributed by atoms with Crippen LogP contribution in [0.5, 0.6) is 5.88 Å². The van der Waals surface area contributed by atoms with Crippen molar-refractivity contribution >= 4 is 5.91 Å². The summed E-state index contributed by atoms with van der Waals surface area (Å²) >= 11 is 0. The Morgan fingerprint density at radius 2 is 2.39 bits per heavy atom. The van der Waals surface area contributed by atoms with E-state index in [1.165, 1.54) is 6.20 Å². The number of H-pyrrole nitrogens is 1. The first-order valence-corrected chi connectivity index (χ1v) is 5.47. The molecule has 7 heteroatoms. The van der Waals surface area contributed by atoms with Gasteiger partial charge in [0, 0.05) is 18.8 Å². The van der Waals surface area contributed by atoms with Crippen molar-refractivity contribution in [1.29, 1.82) is 0 Å². The molecular weight excluding hydrogens is 234 g/mol. The molecule has 0 fully saturated rings. The Balaban J connectivity index is 1.99. The van der Waals surface area contributed by atoms with Gasteiger partial charge in [0.2, 0.25) is 5.88 Å². The molecule has 18 heavy (non-hydrogen) atoms. The number of nitrogens with zero attached hydrogens (tertiary/aromatic N) is 3. The summed E-state index contributed by atoms with van der Waals surface area (Å²) in [7, 11) is 3.36. The number of nitrogens with one attached hydrogen (secondary N) is 2. The molecule has 2 aromatic heterocycles. The lowest BCUT2D eigenvalue weighted by Crippen LogP contribution is -2.23. The van der Waals surface area contributed by atoms with Crippen molar-refractivity contribution in [3.05, 3.63) is 29.2 Å². The molecule has 0 spiro atoms. The molecule has 2 heterocycles. The lowest BCUT2D eigenvalue weighted by atomic mass is 10.2. The van der Waals surface area contributed by atoms with Crippen molar-refractivity contribution in [1.82, 2.24) is 25.3 Å². The van der Waals surface area contributed by atoms with Gasteiger partial charge in [-0.15, -0.1) is 0 Å². The van der Waals surface area contributed by atoms with Crippen molar-refractivity contribution in [3.8, 4) is 5.88 Å². The first-order valence-electron chi connectivity index (χ1n) is 5.47. The molecule has 0 saturated heterocycles. The summed E-state index contributed by atoms with van der Waals surface area (Å²) in [6.07, 6.45) is 1.50. The van der Waals surface area contributed by atoms with E-state index in [9.17, 15) is 4.79 Å². The Hall–Kier alpha value is -2.31. The third-order valence-electron chi connectivity index (χ3n) is 2.60. The Morgan fingerprint density at radius 1 is 1.61 bits per heavy atom. The number of ether oxygens (including phenoxy) is 1. The van der Waals surface area contributed by atoms with Gasteiger partial charge in [0.25, 0.3) is 5.91 Å². The topological polar surface area (TPSA) is 84.8 Å². The van der Waals surface area contributed by atoms with Crippen molar-refractivity contribution in [3.63, 3.8) is 0 Å². The van der Waals surface area contributed by atoms with Gasteiger partial charge in [-0.25, -0.2) is 4.68 Å². The smallest absolute Gasteiger partial charge is 0.255 e. The fraction of sp³-hybridized carbons (Fsp3) is 0.364. The summed E-state index contributed by atoms with van der Waals surface area (Å²) in [5, 5.41) is 13.5. The van der Waals surface area contributed by atoms with Crippen molar-refractivity contribution < 1.29 is 9.53 Å². The molecule has 0 saturated carbocycles. The molecule has 0 aromatic carbocycles. The van der Waals surface area contributed by atoms with Crippen LogP contribution in [-0.2, 0) is 13.6 Å². The van der Waals surface area contributed by atoms with Gasteiger partial charge >= 0.3 is 0 Å². The predicted octanol–water partition coefficient (Wildman–Crippen LogP) is 0.390. The number of carbonyl (C=O) groups excluding carboxylic acids is 1. The molecule has 0 bridgehead atoms. The maximum absolute atomic E-state index is 11.8. The summed E-state index contributed by atoms with van der Waals surface area (Å²) in [5.74, 6) is 0.476. The molecular formula is C11H15N5O2. The van der Waals surface area contributed by atoms with Gasteiger partial charge in [-0.1, -0.05) is 0 Å². The van der Waals surface area contributed by atoms with E-state index in [0.29, 0.717) is 18.0 Å². The van der Waals surface area contributed by atoms with Gasteiger partial charge < -0.3 is 10.1 Å². The van der Waals surface area contributed by atoms with E-state index in [1.54, 1.807) is 31.8 Å². The third-order valence-corrected chi connectivity index (χ3v) is 2.60. The number of aryl methyl sites for hydroxylation is 2. The number of hydrogen-bond acceptors (Lipinski definition) is 4. The van der Waals surface area contributed by atoms with Crippen molar-refractivity contribution in [2.45, 2.75) is 13.5 Å². The van der Waals surface area contributed by atoms with Gasteiger partial charge in [0.15, 0.2) is 0 Å². The zero-order chi connectivity index (χ0) is 13.1. The summed E-state index contributed by atoms with van der Waals surface area (Å²) in [5.41, 5.74) is 2.02. The van der Waals surface area contributed by atoms with Crippen LogP contribution < -0.4 is 10.1 Å². The number of aromatic amines is 1. The van der Waals surface area contributed by atoms with E-state index in [2.05, 4.69) is 20.6 Å². The predicted molar refractivity (Wildman–Crippen MR) is 64.3 cm³/mol. The Bertz CT molecular complexity index is 558. The second kappa shape index (κ2) is 4.91. The van der Waals surface area contributed by atoms with Crippen LogP contribution >= 0.6 is 0 Å². The highest BCUT2D eigenvalue weighted by atomic mass is 16.5. The highest BCUT2D eigenvalue weighted by Crippen LogP contribution is 2.11. The van der Waals surface area contributed by atoms with Gasteiger partial charge in [-0.3, -0.25) is 9.89 Å². The van der Waals surface area contributed by atoms with Gasteiger partial charge in [-0.05, 0) is 6.92 Å². The number of aromatic nitrogens is 4. The SMILES string of the molecule is COc1cc(CNC(=O)c2cn[nH]c2C)nn1C. The monoisotopic (exact) mass is 249 g/mol. The van der Waals surface area contributed by atoms with E-state index in [-0.39, 0.29) is 5.91 Å². The Kier molecular flexibility index (Phi) is 3.31. The first kappa shape index (κ1) is 12.2. The average molecular weight is 249 g/mol. The zero-order valence-corrected chi connectivity index (χ0v) is 10.5. The molecule has 0 unspecified atom stereocenters. The molecule has 2 N–H and O–H groups in total. The number of methoxy groups -OCH3 is 1. The molecule has 0 aliphatic carbocycles. The normalized spacial score (nSPS) is 10.4. The quantitative estimate of drug-likeness (QED) is 0.821. The van der Waals surface area contributed by atoms with Crippen LogP contribution in [0.2, 0.25) is 0 Å². The second-order valence-corrected chi connectivity index (χ2v) is 3.89. The summed E-state index contributed by atoms with van der Waals surface area (Å²) < 4.78 is 6.71. The number of carbonyl (C=O) groups is 1. The van der Waals surface area contributed by atoms with E-state index < -0.39 is 0 Å². The lowest BCUT2D eigenvalue weighted by Gasteiger charge is -2.01. The molecule has 0 atom stereocenters. The van der Waals surface area contributed by atoms with E-state index in [1.807, 2.05) is 0 Å². The minimum atomic E-state index is -0.175. The molecule has 2 rings (SSSR count). The fourth-order valence-electron chi connectivity index (χ4n) is 1.63. The molecule has 7 nitrogen and oxygen atoms in total. The fourth-order valence-corrected chi connectivity index (χ4v) is 1.63. The number of hydrogen-bond donors (Lipinski definition) is 2. The highest BCUT2D eigenvalue weighted by molar-refractivity contribution is 5.94. The van der Waals surface area contributed by atoms with Crippen molar-refractivity contribution in [2.75, 3.05) is 7.11 Å². The zero-order valence-electron chi connectivity index (χ0n) is 10.5. The van der Waals surface area contributed by atoms with Gasteiger partial charge in [0.1, 0.15) is 0 Å². The molecule has 2 aromatic rings. The molecule has 0 radical (unpaired) electrons. The standard InChI is InChI=1S/C11H15N5O2/c1-7-9(6-13-14-7)11(17)12-5-8-4-10(18-3)16(2)15-8/h4,6H,5H2,1-3H3,(H,12,17)(H,13,14). The molecule has 1 amide bonds. The van der Waals surface area contributed by atoms with E-state index in [4.69, 9.17) is 4.74 Å². The van der Waals surface area contributed by atoms with Crippen LogP contribution in [0, 0.1) is 6.92 Å². The molecule has 0 aliphatic heterocycles. The van der Waals surface area contributed by atoms with Crippen LogP contribution in [0.1, 0.15) is 21.7 Å². The van der Waals surface area contributed by atoms with Crippen LogP contribution in [0.15, 0.2) is 12.3 Å². The second-order valence-electron chi connectivity index (χ2n) is 3.89. The van der Waals surface area contributed by atoms with Crippen LogP contribution in [0.3, 0.4) is 0 Å². The van der Waals surface area contributed by atoms with Crippen LogP contribution in [-0.4, -0.2) is 33.0 Å². The average Bonchev–Trinajstić information content (AvgIpc) is 2.92. The Labute approximate surface area is 104 Å². The van der Waals surface area contributed by atoms with E-state index >= 15 is 0 Å². The molecule has 0 aliphatic rings. The number of amides is 1. The summed E-state index contributed by atoms with van der Waals surface area (Å²) in [6.45, 7) is 2.15. The van der Waals surface area contributed by atoms with Gasteiger partial charge in [-0.2, -0.15) is 10.2 Å². The maximum Gasteiger partial charge on any atom is 0.255 e. The van der Waals surface area contributed by atoms with Crippen molar-refractivity contribution in [2.24, 2.45) is 7.05 Å². The summed E-state index contributed by atoms with van der Waals surface area (Å²) in [6, 6.07) is 1.78. The largest absolute Gasteiger partial charge is 0.481 e. The van der Waals surface area contributed by atoms with Crippen LogP contribution in [0.25, 0.3) is 0 Å². The van der Waals surface area contributed by atoms with Gasteiger partial charge in [0.05, 0.1) is 31.1 Å². The number of rotatable bonds is 4. The highest BCUT2D eigenvalue weighted by Gasteiger charge is 2.11. The minimum absolute atomic E-state index is 0.175. The first-order chi connectivity index (χ1) is 8.61. The third kappa shape index (κ3) is 2.34.